The Morgan fingerprint density at radius 3 is 2.48 bits per heavy atom. The van der Waals surface area contributed by atoms with Gasteiger partial charge in [-0.3, -0.25) is 4.79 Å². The molecule has 0 fully saturated rings. The molecule has 1 N–H and O–H groups in total. The van der Waals surface area contributed by atoms with Crippen LogP contribution in [0.1, 0.15) is 39.0 Å². The summed E-state index contributed by atoms with van der Waals surface area (Å²) in [7, 11) is 3.87. The van der Waals surface area contributed by atoms with Gasteiger partial charge in [0.1, 0.15) is 0 Å². The van der Waals surface area contributed by atoms with E-state index in [1.807, 2.05) is 19.0 Å². The first-order valence-electron chi connectivity index (χ1n) is 7.26. The van der Waals surface area contributed by atoms with Crippen LogP contribution in [-0.2, 0) is 9.53 Å². The predicted octanol–water partition coefficient (Wildman–Crippen LogP) is 2.45. The Hall–Kier alpha value is -1.24. The number of amides is 1. The lowest BCUT2D eigenvalue weighted by atomic mass is 10.1. The van der Waals surface area contributed by atoms with Gasteiger partial charge in [0, 0.05) is 19.4 Å². The number of alkyl halides is 2. The highest BCUT2D eigenvalue weighted by molar-refractivity contribution is 5.85. The summed E-state index contributed by atoms with van der Waals surface area (Å²) >= 11 is 0. The molecule has 0 saturated heterocycles. The maximum atomic E-state index is 13.2. The molecule has 0 atom stereocenters. The Labute approximate surface area is 125 Å². The molecule has 5 nitrogen and oxygen atoms in total. The lowest BCUT2D eigenvalue weighted by molar-refractivity contribution is -0.144. The molecular formula is C14H26F2N2O3. The number of halogens is 2. The summed E-state index contributed by atoms with van der Waals surface area (Å²) in [5.74, 6) is -4.34. The summed E-state index contributed by atoms with van der Waals surface area (Å²) < 4.78 is 31.2. The molecule has 0 unspecified atom stereocenters. The third-order valence-corrected chi connectivity index (χ3v) is 2.80. The van der Waals surface area contributed by atoms with E-state index in [-0.39, 0.29) is 25.9 Å². The van der Waals surface area contributed by atoms with E-state index < -0.39 is 24.2 Å². The van der Waals surface area contributed by atoms with E-state index >= 15 is 0 Å². The highest BCUT2D eigenvalue weighted by Crippen LogP contribution is 2.23. The van der Waals surface area contributed by atoms with Crippen molar-refractivity contribution in [3.63, 3.8) is 0 Å². The van der Waals surface area contributed by atoms with Gasteiger partial charge < -0.3 is 15.0 Å². The molecule has 0 aliphatic rings. The van der Waals surface area contributed by atoms with Crippen LogP contribution < -0.4 is 5.32 Å². The van der Waals surface area contributed by atoms with Crippen molar-refractivity contribution in [3.05, 3.63) is 0 Å². The van der Waals surface area contributed by atoms with Crippen LogP contribution in [0.5, 0.6) is 0 Å². The van der Waals surface area contributed by atoms with E-state index in [2.05, 4.69) is 5.32 Å². The number of rotatable bonds is 11. The Kier molecular flexibility index (Phi) is 9.86. The van der Waals surface area contributed by atoms with E-state index in [1.165, 1.54) is 0 Å². The van der Waals surface area contributed by atoms with E-state index in [4.69, 9.17) is 4.74 Å². The normalized spacial score (nSPS) is 11.5. The second-order valence-electron chi connectivity index (χ2n) is 5.20. The number of alkyl carbamates (subject to hydrolysis) is 1. The Morgan fingerprint density at radius 2 is 1.90 bits per heavy atom. The van der Waals surface area contributed by atoms with Gasteiger partial charge in [-0.15, -0.1) is 0 Å². The summed E-state index contributed by atoms with van der Waals surface area (Å²) in [6.45, 7) is 2.91. The average molecular weight is 308 g/mol. The average Bonchev–Trinajstić information content (AvgIpc) is 2.39. The van der Waals surface area contributed by atoms with E-state index in [0.717, 1.165) is 13.0 Å². The van der Waals surface area contributed by atoms with Crippen molar-refractivity contribution in [3.8, 4) is 0 Å². The lowest BCUT2D eigenvalue weighted by Crippen LogP contribution is -2.29. The monoisotopic (exact) mass is 308 g/mol. The van der Waals surface area contributed by atoms with Crippen LogP contribution in [0.4, 0.5) is 13.6 Å². The third kappa shape index (κ3) is 10.2. The first-order valence-corrected chi connectivity index (χ1v) is 7.26. The summed E-state index contributed by atoms with van der Waals surface area (Å²) in [5.41, 5.74) is 0. The smallest absolute Gasteiger partial charge is 0.407 e. The molecule has 0 saturated carbocycles. The summed E-state index contributed by atoms with van der Waals surface area (Å²) in [6, 6.07) is 0. The number of ether oxygens (including phenoxy) is 1. The van der Waals surface area contributed by atoms with Gasteiger partial charge in [0.2, 0.25) is 5.78 Å². The van der Waals surface area contributed by atoms with Crippen molar-refractivity contribution in [2.75, 3.05) is 33.8 Å². The highest BCUT2D eigenvalue weighted by atomic mass is 19.3. The third-order valence-electron chi connectivity index (χ3n) is 2.80. The molecule has 0 bridgehead atoms. The van der Waals surface area contributed by atoms with E-state index in [0.29, 0.717) is 6.54 Å². The quantitative estimate of drug-likeness (QED) is 0.596. The molecule has 124 valence electrons. The number of hydrogen-bond donors (Lipinski definition) is 1. The second-order valence-corrected chi connectivity index (χ2v) is 5.20. The first kappa shape index (κ1) is 19.8. The highest BCUT2D eigenvalue weighted by Gasteiger charge is 2.36. The number of nitrogens with zero attached hydrogens (tertiary/aromatic N) is 1. The minimum atomic E-state index is -3.26. The molecule has 0 aromatic carbocycles. The van der Waals surface area contributed by atoms with Crippen molar-refractivity contribution in [1.29, 1.82) is 0 Å². The minimum absolute atomic E-state index is 0.0343. The van der Waals surface area contributed by atoms with Gasteiger partial charge >= 0.3 is 12.0 Å². The zero-order chi connectivity index (χ0) is 16.3. The van der Waals surface area contributed by atoms with Gasteiger partial charge in [-0.2, -0.15) is 8.78 Å². The second kappa shape index (κ2) is 10.5. The largest absolute Gasteiger partial charge is 0.450 e. The molecule has 21 heavy (non-hydrogen) atoms. The van der Waals surface area contributed by atoms with E-state index in [9.17, 15) is 18.4 Å². The maximum Gasteiger partial charge on any atom is 0.407 e. The van der Waals surface area contributed by atoms with Crippen molar-refractivity contribution < 1.29 is 23.1 Å². The van der Waals surface area contributed by atoms with Crippen LogP contribution in [0.15, 0.2) is 0 Å². The van der Waals surface area contributed by atoms with Crippen LogP contribution in [0.25, 0.3) is 0 Å². The van der Waals surface area contributed by atoms with Crippen LogP contribution >= 0.6 is 0 Å². The van der Waals surface area contributed by atoms with Gasteiger partial charge in [0.25, 0.3) is 0 Å². The zero-order valence-corrected chi connectivity index (χ0v) is 13.1. The molecule has 7 heteroatoms. The van der Waals surface area contributed by atoms with Crippen LogP contribution in [-0.4, -0.2) is 56.5 Å². The first-order chi connectivity index (χ1) is 9.79. The summed E-state index contributed by atoms with van der Waals surface area (Å²) in [6.07, 6.45) is -0.126. The number of ketones is 1. The molecule has 0 spiro atoms. The molecular weight excluding hydrogens is 282 g/mol. The van der Waals surface area contributed by atoms with Crippen LogP contribution in [0, 0.1) is 0 Å². The molecule has 0 aromatic rings. The van der Waals surface area contributed by atoms with Gasteiger partial charge in [0.05, 0.1) is 6.61 Å². The molecule has 0 aromatic heterocycles. The van der Waals surface area contributed by atoms with Crippen LogP contribution in [0.2, 0.25) is 0 Å². The van der Waals surface area contributed by atoms with Gasteiger partial charge in [-0.25, -0.2) is 4.79 Å². The van der Waals surface area contributed by atoms with Gasteiger partial charge in [-0.05, 0) is 39.9 Å². The van der Waals surface area contributed by atoms with Gasteiger partial charge in [-0.1, -0.05) is 6.92 Å². The minimum Gasteiger partial charge on any atom is -0.450 e. The number of Topliss-reactive ketones (excluding diaryl/α,β-unsaturated/α-hetero) is 1. The number of carbonyl (C=O) groups excluding carboxylic acids is 2. The lowest BCUT2D eigenvalue weighted by Gasteiger charge is -2.13. The maximum absolute atomic E-state index is 13.2. The number of carbonyl (C=O) groups is 2. The Morgan fingerprint density at radius 1 is 1.24 bits per heavy atom. The molecule has 0 heterocycles. The standard InChI is InChI=1S/C14H26F2N2O3/c1-4-8-14(15,16)12(19)7-5-11-21-13(20)17-9-6-10-18(2)3/h4-11H2,1-3H3,(H,17,20). The topological polar surface area (TPSA) is 58.6 Å². The SMILES string of the molecule is CCCC(F)(F)C(=O)CCCOC(=O)NCCCN(C)C. The summed E-state index contributed by atoms with van der Waals surface area (Å²) in [5, 5.41) is 2.56. The number of hydrogen-bond acceptors (Lipinski definition) is 4. The molecule has 0 rings (SSSR count). The Bertz CT molecular complexity index is 323. The van der Waals surface area contributed by atoms with Crippen molar-refractivity contribution in [1.82, 2.24) is 10.2 Å². The van der Waals surface area contributed by atoms with Gasteiger partial charge in [0.15, 0.2) is 0 Å². The molecule has 0 aliphatic heterocycles. The molecule has 0 radical (unpaired) electrons. The van der Waals surface area contributed by atoms with E-state index in [1.54, 1.807) is 6.92 Å². The number of nitrogens with one attached hydrogen (secondary N) is 1. The van der Waals surface area contributed by atoms with Crippen molar-refractivity contribution >= 4 is 11.9 Å². The molecule has 0 aliphatic carbocycles. The van der Waals surface area contributed by atoms with Crippen molar-refractivity contribution in [2.45, 2.75) is 45.0 Å². The fourth-order valence-corrected chi connectivity index (χ4v) is 1.67. The van der Waals surface area contributed by atoms with Crippen LogP contribution in [0.3, 0.4) is 0 Å². The predicted molar refractivity (Wildman–Crippen MR) is 76.6 cm³/mol. The van der Waals surface area contributed by atoms with Crippen molar-refractivity contribution in [2.24, 2.45) is 0 Å². The fraction of sp³-hybridized carbons (Fsp3) is 0.857. The zero-order valence-electron chi connectivity index (χ0n) is 13.1. The fourth-order valence-electron chi connectivity index (χ4n) is 1.67. The summed E-state index contributed by atoms with van der Waals surface area (Å²) in [4.78, 5) is 24.5. The Balaban J connectivity index is 3.66. The molecule has 1 amide bonds.